The fourth-order valence-corrected chi connectivity index (χ4v) is 1.45. The van der Waals surface area contributed by atoms with Crippen molar-refractivity contribution in [2.24, 2.45) is 0 Å². The Morgan fingerprint density at radius 2 is 1.91 bits per heavy atom. The molecule has 2 nitrogen and oxygen atoms in total. The largest absolute Gasteiger partial charge is 0.481 e. The van der Waals surface area contributed by atoms with Gasteiger partial charge in [0.2, 0.25) is 0 Å². The topological polar surface area (TPSA) is 37.3 Å². The van der Waals surface area contributed by atoms with Crippen LogP contribution in [0.1, 0.15) is 19.3 Å². The van der Waals surface area contributed by atoms with E-state index in [4.69, 9.17) is 39.9 Å². The summed E-state index contributed by atoms with van der Waals surface area (Å²) in [5.41, 5.74) is 0. The number of aliphatic carboxylic acids is 1. The fourth-order valence-electron chi connectivity index (χ4n) is 0.553. The zero-order valence-electron chi connectivity index (χ0n) is 5.82. The normalized spacial score (nSPS) is 11.5. The zero-order valence-corrected chi connectivity index (χ0v) is 8.09. The van der Waals surface area contributed by atoms with E-state index in [1.54, 1.807) is 0 Å². The summed E-state index contributed by atoms with van der Waals surface area (Å²) in [6, 6.07) is 0. The monoisotopic (exact) mass is 218 g/mol. The van der Waals surface area contributed by atoms with Crippen LogP contribution in [0, 0.1) is 0 Å². The number of hydrogen-bond acceptors (Lipinski definition) is 1. The lowest BCUT2D eigenvalue weighted by atomic mass is 10.2. The van der Waals surface area contributed by atoms with Gasteiger partial charge in [0, 0.05) is 12.3 Å². The first kappa shape index (κ1) is 11.3. The highest BCUT2D eigenvalue weighted by Gasteiger charge is 2.23. The van der Waals surface area contributed by atoms with Crippen molar-refractivity contribution >= 4 is 40.8 Å². The van der Waals surface area contributed by atoms with Crippen molar-refractivity contribution in [1.82, 2.24) is 0 Å². The van der Waals surface area contributed by atoms with E-state index < -0.39 is 10.3 Å². The average Bonchev–Trinajstić information content (AvgIpc) is 1.84. The van der Waals surface area contributed by atoms with Gasteiger partial charge in [-0.15, -0.1) is 34.8 Å². The van der Waals surface area contributed by atoms with E-state index in [9.17, 15) is 4.79 Å². The van der Waals surface area contributed by atoms with Crippen LogP contribution in [0.2, 0.25) is 0 Å². The third-order valence-electron chi connectivity index (χ3n) is 1.16. The minimum atomic E-state index is -0.986. The molecule has 66 valence electrons. The molecule has 0 saturated heterocycles. The summed E-state index contributed by atoms with van der Waals surface area (Å²) < 4.78 is -0.986. The molecule has 0 fully saturated rings. The maximum atomic E-state index is 10.1. The van der Waals surface area contributed by atoms with Crippen LogP contribution in [-0.2, 0) is 4.79 Å². The van der Waals surface area contributed by atoms with E-state index in [2.05, 4.69) is 0 Å². The van der Waals surface area contributed by atoms with Gasteiger partial charge in [0.25, 0.3) is 0 Å². The molecule has 5 heteroatoms. The van der Waals surface area contributed by atoms with Gasteiger partial charge >= 0.3 is 5.97 Å². The van der Waals surface area contributed by atoms with Gasteiger partial charge < -0.3 is 5.11 Å². The van der Waals surface area contributed by atoms with Gasteiger partial charge in [-0.05, 0) is 12.8 Å². The lowest BCUT2D eigenvalue weighted by molar-refractivity contribution is -0.137. The number of halogens is 3. The molecule has 1 N–H and O–H groups in total. The number of carboxylic acids is 1. The molecule has 0 amide bonds. The van der Waals surface area contributed by atoms with Crippen molar-refractivity contribution in [3.8, 4) is 0 Å². The van der Waals surface area contributed by atoms with Crippen LogP contribution in [0.25, 0.3) is 0 Å². The molecule has 0 saturated carbocycles. The van der Waals surface area contributed by atoms with Crippen LogP contribution in [0.3, 0.4) is 0 Å². The van der Waals surface area contributed by atoms with Crippen LogP contribution in [0.4, 0.5) is 0 Å². The highest BCUT2D eigenvalue weighted by molar-refractivity contribution is 6.48. The van der Waals surface area contributed by atoms with E-state index in [0.717, 1.165) is 0 Å². The van der Waals surface area contributed by atoms with E-state index in [-0.39, 0.29) is 12.8 Å². The molecule has 0 aliphatic heterocycles. The van der Waals surface area contributed by atoms with Crippen molar-refractivity contribution in [3.05, 3.63) is 0 Å². The highest BCUT2D eigenvalue weighted by atomic mass is 35.5. The first-order chi connectivity index (χ1) is 4.98. The predicted molar refractivity (Wildman–Crippen MR) is 46.6 cm³/mol. The Morgan fingerprint density at radius 1 is 1.36 bits per heavy atom. The number of carbonyl (C=O) groups is 1. The maximum absolute atomic E-state index is 10.1. The van der Waals surface area contributed by atoms with Crippen LogP contribution >= 0.6 is 34.8 Å². The second-order valence-corrected chi connectivity index (χ2v) is 4.21. The van der Waals surface area contributed by atoms with Crippen LogP contribution in [-0.4, -0.2) is 21.3 Å². The first-order valence-electron chi connectivity index (χ1n) is 3.13. The average molecular weight is 219 g/mol. The minimum Gasteiger partial charge on any atom is -0.481 e. The van der Waals surface area contributed by atoms with Crippen molar-refractivity contribution in [2.45, 2.75) is 23.6 Å². The van der Waals surface area contributed by atoms with Crippen LogP contribution in [0.15, 0.2) is 0 Å². The molecule has 0 spiro atoms. The summed E-state index contributed by atoms with van der Waals surface area (Å²) in [5.74, 6) is -0.558. The molecule has 0 aliphatic carbocycles. The van der Waals surface area contributed by atoms with E-state index in [0.29, 0.717) is 12.3 Å². The molecule has 0 aromatic rings. The third kappa shape index (κ3) is 6.73. The Labute approximate surface area is 80.4 Å². The number of alkyl halides is 3. The number of rotatable bonds is 5. The van der Waals surface area contributed by atoms with Gasteiger partial charge in [-0.25, -0.2) is 0 Å². The summed E-state index contributed by atoms with van der Waals surface area (Å²) in [4.78, 5) is 10.1. The molecule has 0 heterocycles. The molecular weight excluding hydrogens is 210 g/mol. The van der Waals surface area contributed by atoms with E-state index >= 15 is 0 Å². The Bertz CT molecular complexity index is 136. The Kier molecular flexibility index (Phi) is 5.23. The molecule has 0 aliphatic rings. The van der Waals surface area contributed by atoms with Crippen LogP contribution in [0.5, 0.6) is 0 Å². The summed E-state index contributed by atoms with van der Waals surface area (Å²) >= 11 is 16.8. The Balaban J connectivity index is 3.63. The van der Waals surface area contributed by atoms with Gasteiger partial charge in [-0.2, -0.15) is 0 Å². The summed E-state index contributed by atoms with van der Waals surface area (Å²) in [6.45, 7) is 0. The smallest absolute Gasteiger partial charge is 0.303 e. The Hall–Kier alpha value is 0.340. The van der Waals surface area contributed by atoms with Crippen molar-refractivity contribution in [2.75, 3.05) is 5.88 Å². The number of hydrogen-bond donors (Lipinski definition) is 1. The quantitative estimate of drug-likeness (QED) is 0.722. The van der Waals surface area contributed by atoms with E-state index in [1.165, 1.54) is 0 Å². The molecule has 0 bridgehead atoms. The molecular formula is C6H9Cl3O2. The Morgan fingerprint density at radius 3 is 2.27 bits per heavy atom. The minimum absolute atomic E-state index is 0.0239. The first-order valence-corrected chi connectivity index (χ1v) is 4.42. The second-order valence-electron chi connectivity index (χ2n) is 2.19. The fraction of sp³-hybridized carbons (Fsp3) is 0.833. The molecule has 0 radical (unpaired) electrons. The van der Waals surface area contributed by atoms with Gasteiger partial charge in [-0.3, -0.25) is 4.79 Å². The lowest BCUT2D eigenvalue weighted by Crippen LogP contribution is -2.15. The summed E-state index contributed by atoms with van der Waals surface area (Å²) in [6.07, 6.45) is 0.618. The molecule has 11 heavy (non-hydrogen) atoms. The molecule has 0 atom stereocenters. The summed E-state index contributed by atoms with van der Waals surface area (Å²) in [7, 11) is 0. The zero-order chi connectivity index (χ0) is 8.91. The highest BCUT2D eigenvalue weighted by Crippen LogP contribution is 2.30. The van der Waals surface area contributed by atoms with E-state index in [1.807, 2.05) is 0 Å². The molecule has 0 aromatic heterocycles. The van der Waals surface area contributed by atoms with Gasteiger partial charge in [0.05, 0.1) is 0 Å². The van der Waals surface area contributed by atoms with Gasteiger partial charge in [-0.1, -0.05) is 0 Å². The molecule has 0 rings (SSSR count). The maximum Gasteiger partial charge on any atom is 0.303 e. The summed E-state index contributed by atoms with van der Waals surface area (Å²) in [5, 5.41) is 8.29. The molecule has 0 unspecified atom stereocenters. The molecule has 0 aromatic carbocycles. The van der Waals surface area contributed by atoms with Crippen molar-refractivity contribution < 1.29 is 9.90 Å². The third-order valence-corrected chi connectivity index (χ3v) is 2.11. The standard InChI is InChI=1S/C6H9Cl3O2/c7-4-3-6(8,9)2-1-5(10)11/h1-4H2,(H,10,11). The van der Waals surface area contributed by atoms with Crippen molar-refractivity contribution in [1.29, 1.82) is 0 Å². The number of carboxylic acid groups (broad SMARTS) is 1. The second kappa shape index (κ2) is 5.07. The van der Waals surface area contributed by atoms with Gasteiger partial charge in [0.1, 0.15) is 4.33 Å². The van der Waals surface area contributed by atoms with Crippen LogP contribution < -0.4 is 0 Å². The SMILES string of the molecule is O=C(O)CCC(Cl)(Cl)CCCl. The van der Waals surface area contributed by atoms with Gasteiger partial charge in [0.15, 0.2) is 0 Å². The predicted octanol–water partition coefficient (Wildman–Crippen LogP) is 2.65. The lowest BCUT2D eigenvalue weighted by Gasteiger charge is -2.15. The van der Waals surface area contributed by atoms with Crippen molar-refractivity contribution in [3.63, 3.8) is 0 Å².